The molecule has 1 spiro atoms. The number of benzene rings is 2. The van der Waals surface area contributed by atoms with Crippen molar-refractivity contribution in [2.45, 2.75) is 37.5 Å². The molecule has 5 nitrogen and oxygen atoms in total. The summed E-state index contributed by atoms with van der Waals surface area (Å²) in [5.74, 6) is -1.47. The molecule has 3 aliphatic heterocycles. The maximum absolute atomic E-state index is 13.8. The van der Waals surface area contributed by atoms with Crippen molar-refractivity contribution >= 4 is 11.9 Å². The Morgan fingerprint density at radius 3 is 2.39 bits per heavy atom. The lowest BCUT2D eigenvalue weighted by Gasteiger charge is -2.31. The molecule has 2 aromatic carbocycles. The largest absolute Gasteiger partial charge is 0.465 e. The molecule has 3 aliphatic rings. The van der Waals surface area contributed by atoms with E-state index in [0.29, 0.717) is 13.2 Å². The molecule has 0 unspecified atom stereocenters. The summed E-state index contributed by atoms with van der Waals surface area (Å²) in [5.41, 5.74) is 1.33. The minimum atomic E-state index is -0.752. The van der Waals surface area contributed by atoms with E-state index in [0.717, 1.165) is 24.0 Å². The number of carbonyl (C=O) groups excluding carboxylic acids is 2. The van der Waals surface area contributed by atoms with E-state index in [1.165, 1.54) is 0 Å². The number of hydrogen-bond acceptors (Lipinski definition) is 4. The molecule has 5 heteroatoms. The van der Waals surface area contributed by atoms with Crippen molar-refractivity contribution in [3.8, 4) is 0 Å². The topological polar surface area (TPSA) is 55.8 Å². The van der Waals surface area contributed by atoms with E-state index in [1.54, 1.807) is 0 Å². The summed E-state index contributed by atoms with van der Waals surface area (Å²) in [6, 6.07) is 19.8. The zero-order chi connectivity index (χ0) is 21.4. The maximum Gasteiger partial charge on any atom is 0.312 e. The Labute approximate surface area is 182 Å². The van der Waals surface area contributed by atoms with E-state index in [2.05, 4.69) is 6.92 Å². The van der Waals surface area contributed by atoms with Gasteiger partial charge < -0.3 is 14.4 Å². The third kappa shape index (κ3) is 3.28. The van der Waals surface area contributed by atoms with Gasteiger partial charge in [-0.05, 0) is 17.5 Å². The van der Waals surface area contributed by atoms with Gasteiger partial charge in [0.2, 0.25) is 5.91 Å². The molecule has 0 aromatic heterocycles. The van der Waals surface area contributed by atoms with Crippen molar-refractivity contribution in [1.82, 2.24) is 4.90 Å². The van der Waals surface area contributed by atoms with Gasteiger partial charge in [0.15, 0.2) is 0 Å². The SMILES string of the molecule is CCCCOC(=O)[C@H]1[C@H]2C(=O)N(C(c3ccccc3)c3ccccc3)C[C@]23C=C[C@H]1O3. The number of unbranched alkanes of at least 4 members (excludes halogenated alkanes) is 1. The van der Waals surface area contributed by atoms with E-state index in [9.17, 15) is 9.59 Å². The minimum absolute atomic E-state index is 0.0398. The van der Waals surface area contributed by atoms with Crippen LogP contribution < -0.4 is 0 Å². The van der Waals surface area contributed by atoms with Crippen LogP contribution in [0.5, 0.6) is 0 Å². The second kappa shape index (κ2) is 7.97. The number of hydrogen-bond donors (Lipinski definition) is 0. The average Bonchev–Trinajstić information content (AvgIpc) is 3.44. The fourth-order valence-electron chi connectivity index (χ4n) is 5.25. The molecule has 31 heavy (non-hydrogen) atoms. The van der Waals surface area contributed by atoms with E-state index < -0.39 is 17.4 Å². The van der Waals surface area contributed by atoms with Crippen LogP contribution in [-0.4, -0.2) is 41.6 Å². The first-order valence-electron chi connectivity index (χ1n) is 11.1. The summed E-state index contributed by atoms with van der Waals surface area (Å²) >= 11 is 0. The summed E-state index contributed by atoms with van der Waals surface area (Å²) < 4.78 is 11.8. The van der Waals surface area contributed by atoms with Crippen LogP contribution in [0.1, 0.15) is 36.9 Å². The van der Waals surface area contributed by atoms with Gasteiger partial charge in [0.05, 0.1) is 31.2 Å². The maximum atomic E-state index is 13.8. The van der Waals surface area contributed by atoms with Gasteiger partial charge in [0.1, 0.15) is 11.5 Å². The van der Waals surface area contributed by atoms with Crippen LogP contribution in [0.3, 0.4) is 0 Å². The molecule has 2 saturated heterocycles. The highest BCUT2D eigenvalue weighted by Crippen LogP contribution is 2.54. The number of nitrogens with zero attached hydrogens (tertiary/aromatic N) is 1. The Balaban J connectivity index is 1.49. The molecule has 0 saturated carbocycles. The van der Waals surface area contributed by atoms with Crippen LogP contribution in [0.25, 0.3) is 0 Å². The Kier molecular flexibility index (Phi) is 5.14. The smallest absolute Gasteiger partial charge is 0.312 e. The van der Waals surface area contributed by atoms with Crippen LogP contribution in [-0.2, 0) is 19.1 Å². The number of fused-ring (bicyclic) bond motifs is 1. The summed E-state index contributed by atoms with van der Waals surface area (Å²) in [7, 11) is 0. The first-order valence-corrected chi connectivity index (χ1v) is 11.1. The number of esters is 1. The third-order valence-corrected chi connectivity index (χ3v) is 6.69. The molecule has 0 N–H and O–H groups in total. The third-order valence-electron chi connectivity index (χ3n) is 6.69. The number of carbonyl (C=O) groups is 2. The van der Waals surface area contributed by atoms with Gasteiger partial charge in [0.25, 0.3) is 0 Å². The van der Waals surface area contributed by atoms with Crippen molar-refractivity contribution in [2.75, 3.05) is 13.2 Å². The fraction of sp³-hybridized carbons (Fsp3) is 0.385. The normalized spacial score (nSPS) is 28.4. The summed E-state index contributed by atoms with van der Waals surface area (Å²) in [5, 5.41) is 0. The van der Waals surface area contributed by atoms with Crippen LogP contribution in [0.4, 0.5) is 0 Å². The zero-order valence-corrected chi connectivity index (χ0v) is 17.6. The Hall–Kier alpha value is -2.92. The van der Waals surface area contributed by atoms with Crippen LogP contribution in [0.2, 0.25) is 0 Å². The van der Waals surface area contributed by atoms with Crippen LogP contribution in [0.15, 0.2) is 72.8 Å². The monoisotopic (exact) mass is 417 g/mol. The first-order chi connectivity index (χ1) is 15.1. The molecule has 4 atom stereocenters. The highest BCUT2D eigenvalue weighted by atomic mass is 16.6. The first kappa shape index (κ1) is 20.0. The lowest BCUT2D eigenvalue weighted by atomic mass is 9.77. The Morgan fingerprint density at radius 2 is 1.77 bits per heavy atom. The lowest BCUT2D eigenvalue weighted by molar-refractivity contribution is -0.154. The number of likely N-dealkylation sites (tertiary alicyclic amines) is 1. The summed E-state index contributed by atoms with van der Waals surface area (Å²) in [6.45, 7) is 2.87. The average molecular weight is 418 g/mol. The van der Waals surface area contributed by atoms with Gasteiger partial charge in [0, 0.05) is 0 Å². The molecule has 2 fully saturated rings. The molecule has 0 radical (unpaired) electrons. The minimum Gasteiger partial charge on any atom is -0.465 e. The quantitative estimate of drug-likeness (QED) is 0.390. The van der Waals surface area contributed by atoms with E-state index in [4.69, 9.17) is 9.47 Å². The van der Waals surface area contributed by atoms with E-state index >= 15 is 0 Å². The van der Waals surface area contributed by atoms with Gasteiger partial charge >= 0.3 is 5.97 Å². The summed E-state index contributed by atoms with van der Waals surface area (Å²) in [6.07, 6.45) is 5.31. The predicted molar refractivity (Wildman–Crippen MR) is 116 cm³/mol. The molecule has 3 heterocycles. The molecule has 2 bridgehead atoms. The van der Waals surface area contributed by atoms with Crippen LogP contribution >= 0.6 is 0 Å². The van der Waals surface area contributed by atoms with Crippen molar-refractivity contribution in [1.29, 1.82) is 0 Å². The second-order valence-electron chi connectivity index (χ2n) is 8.61. The second-order valence-corrected chi connectivity index (χ2v) is 8.61. The zero-order valence-electron chi connectivity index (χ0n) is 17.6. The Bertz CT molecular complexity index is 949. The molecule has 0 aliphatic carbocycles. The molecule has 1 amide bonds. The predicted octanol–water partition coefficient (Wildman–Crippen LogP) is 3.90. The van der Waals surface area contributed by atoms with E-state index in [1.807, 2.05) is 77.7 Å². The van der Waals surface area contributed by atoms with E-state index in [-0.39, 0.29) is 24.0 Å². The van der Waals surface area contributed by atoms with Crippen molar-refractivity contribution in [3.63, 3.8) is 0 Å². The van der Waals surface area contributed by atoms with Gasteiger partial charge in [-0.1, -0.05) is 86.2 Å². The number of rotatable bonds is 7. The molecular formula is C26H27NO4. The summed E-state index contributed by atoms with van der Waals surface area (Å²) in [4.78, 5) is 28.6. The highest BCUT2D eigenvalue weighted by Gasteiger charge is 2.68. The standard InChI is InChI=1S/C26H27NO4/c1-2-3-16-30-25(29)21-20-14-15-26(31-20)17-27(24(28)22(21)26)23(18-10-6-4-7-11-18)19-12-8-5-9-13-19/h4-15,20-23H,2-3,16-17H2,1H3/t20-,21-,22+,26-/m1/s1. The highest BCUT2D eigenvalue weighted by molar-refractivity contribution is 5.91. The van der Waals surface area contributed by atoms with Gasteiger partial charge in [-0.3, -0.25) is 9.59 Å². The van der Waals surface area contributed by atoms with Gasteiger partial charge in [-0.15, -0.1) is 0 Å². The molecule has 2 aromatic rings. The van der Waals surface area contributed by atoms with Gasteiger partial charge in [-0.25, -0.2) is 0 Å². The molecule has 5 rings (SSSR count). The van der Waals surface area contributed by atoms with Crippen molar-refractivity contribution in [3.05, 3.63) is 83.9 Å². The Morgan fingerprint density at radius 1 is 1.13 bits per heavy atom. The molecular weight excluding hydrogens is 390 g/mol. The van der Waals surface area contributed by atoms with Gasteiger partial charge in [-0.2, -0.15) is 0 Å². The fourth-order valence-corrected chi connectivity index (χ4v) is 5.25. The van der Waals surface area contributed by atoms with Crippen LogP contribution in [0, 0.1) is 11.8 Å². The van der Waals surface area contributed by atoms with Crippen molar-refractivity contribution < 1.29 is 19.1 Å². The van der Waals surface area contributed by atoms with Crippen molar-refractivity contribution in [2.24, 2.45) is 11.8 Å². The molecule has 160 valence electrons. The number of amides is 1. The lowest BCUT2D eigenvalue weighted by Crippen LogP contribution is -2.40. The number of ether oxygens (including phenoxy) is 2.